The molecule has 17 heavy (non-hydrogen) atoms. The van der Waals surface area contributed by atoms with Crippen molar-refractivity contribution in [3.8, 4) is 0 Å². The third-order valence-corrected chi connectivity index (χ3v) is 4.29. The lowest BCUT2D eigenvalue weighted by molar-refractivity contribution is 0.199. The molecule has 3 heteroatoms. The van der Waals surface area contributed by atoms with Crippen LogP contribution in [0.3, 0.4) is 0 Å². The van der Waals surface area contributed by atoms with E-state index >= 15 is 0 Å². The molecule has 1 aliphatic heterocycles. The van der Waals surface area contributed by atoms with Gasteiger partial charge in [0, 0.05) is 17.6 Å². The maximum absolute atomic E-state index is 9.55. The van der Waals surface area contributed by atoms with Crippen molar-refractivity contribution in [2.75, 3.05) is 18.0 Å². The highest BCUT2D eigenvalue weighted by molar-refractivity contribution is 9.10. The molecule has 2 rings (SSSR count). The number of benzene rings is 1. The van der Waals surface area contributed by atoms with Crippen LogP contribution in [0.4, 0.5) is 5.69 Å². The molecule has 1 heterocycles. The number of anilines is 1. The summed E-state index contributed by atoms with van der Waals surface area (Å²) in [5.41, 5.74) is 2.22. The molecule has 1 saturated heterocycles. The molecule has 1 unspecified atom stereocenters. The second-order valence-corrected chi connectivity index (χ2v) is 5.75. The van der Waals surface area contributed by atoms with Crippen LogP contribution in [-0.4, -0.2) is 18.2 Å². The number of hydrogen-bond donors (Lipinski definition) is 1. The lowest BCUT2D eigenvalue weighted by Gasteiger charge is -2.21. The van der Waals surface area contributed by atoms with Gasteiger partial charge >= 0.3 is 0 Å². The lowest BCUT2D eigenvalue weighted by Crippen LogP contribution is -2.20. The van der Waals surface area contributed by atoms with E-state index in [0.717, 1.165) is 29.0 Å². The summed E-state index contributed by atoms with van der Waals surface area (Å²) in [7, 11) is 0. The highest BCUT2D eigenvalue weighted by Gasteiger charge is 2.22. The molecular weight excluding hydrogens is 278 g/mol. The predicted molar refractivity (Wildman–Crippen MR) is 75.4 cm³/mol. The summed E-state index contributed by atoms with van der Waals surface area (Å²) in [6, 6.07) is 6.16. The van der Waals surface area contributed by atoms with E-state index in [2.05, 4.69) is 33.8 Å². The number of nitrogens with zero attached hydrogens (tertiary/aromatic N) is 1. The van der Waals surface area contributed by atoms with Crippen LogP contribution in [0.25, 0.3) is 0 Å². The number of aliphatic hydroxyl groups is 1. The van der Waals surface area contributed by atoms with E-state index in [4.69, 9.17) is 0 Å². The first-order valence-corrected chi connectivity index (χ1v) is 7.13. The van der Waals surface area contributed by atoms with Crippen LogP contribution in [0.15, 0.2) is 22.7 Å². The predicted octanol–water partition coefficient (Wildman–Crippen LogP) is 3.74. The van der Waals surface area contributed by atoms with Gasteiger partial charge in [-0.05, 0) is 52.9 Å². The van der Waals surface area contributed by atoms with Crippen molar-refractivity contribution < 1.29 is 5.11 Å². The Morgan fingerprint density at radius 1 is 1.53 bits per heavy atom. The van der Waals surface area contributed by atoms with Gasteiger partial charge in [0.1, 0.15) is 0 Å². The first-order chi connectivity index (χ1) is 8.11. The molecular formula is C14H20BrNO. The zero-order chi connectivity index (χ0) is 12.4. The Hall–Kier alpha value is -0.540. The molecule has 1 fully saturated rings. The van der Waals surface area contributed by atoms with Crippen LogP contribution in [0, 0.1) is 5.92 Å². The van der Waals surface area contributed by atoms with Gasteiger partial charge in [-0.3, -0.25) is 0 Å². The van der Waals surface area contributed by atoms with Crippen molar-refractivity contribution in [2.45, 2.75) is 32.8 Å². The monoisotopic (exact) mass is 297 g/mol. The Bertz CT molecular complexity index is 392. The van der Waals surface area contributed by atoms with Crippen LogP contribution >= 0.6 is 15.9 Å². The summed E-state index contributed by atoms with van der Waals surface area (Å²) in [6.07, 6.45) is 2.16. The molecule has 1 aliphatic rings. The molecule has 0 bridgehead atoms. The van der Waals surface area contributed by atoms with Crippen molar-refractivity contribution in [2.24, 2.45) is 5.92 Å². The highest BCUT2D eigenvalue weighted by Crippen LogP contribution is 2.33. The summed E-state index contributed by atoms with van der Waals surface area (Å²) in [5.74, 6) is 0.832. The Labute approximate surface area is 112 Å². The largest absolute Gasteiger partial charge is 0.389 e. The molecule has 1 N–H and O–H groups in total. The second kappa shape index (κ2) is 5.40. The number of rotatable bonds is 3. The quantitative estimate of drug-likeness (QED) is 0.919. The summed E-state index contributed by atoms with van der Waals surface area (Å²) in [4.78, 5) is 2.43. The van der Waals surface area contributed by atoms with Gasteiger partial charge in [0.15, 0.2) is 0 Å². The Morgan fingerprint density at radius 3 is 2.82 bits per heavy atom. The van der Waals surface area contributed by atoms with Gasteiger partial charge in [-0.15, -0.1) is 0 Å². The van der Waals surface area contributed by atoms with Crippen LogP contribution in [0.1, 0.15) is 38.4 Å². The van der Waals surface area contributed by atoms with Crippen LogP contribution in [-0.2, 0) is 0 Å². The minimum atomic E-state index is -0.401. The van der Waals surface area contributed by atoms with E-state index in [9.17, 15) is 5.11 Å². The van der Waals surface area contributed by atoms with E-state index in [-0.39, 0.29) is 0 Å². The molecule has 2 nitrogen and oxygen atoms in total. The molecule has 0 saturated carbocycles. The Morgan fingerprint density at radius 2 is 2.29 bits per heavy atom. The summed E-state index contributed by atoms with van der Waals surface area (Å²) in [5, 5.41) is 9.55. The molecule has 0 aromatic heterocycles. The van der Waals surface area contributed by atoms with E-state index in [1.165, 1.54) is 18.5 Å². The van der Waals surface area contributed by atoms with Gasteiger partial charge in [0.05, 0.1) is 11.8 Å². The third kappa shape index (κ3) is 2.83. The molecule has 94 valence electrons. The molecule has 0 spiro atoms. The maximum atomic E-state index is 9.55. The van der Waals surface area contributed by atoms with Crippen molar-refractivity contribution in [1.82, 2.24) is 0 Å². The van der Waals surface area contributed by atoms with Gasteiger partial charge in [-0.1, -0.05) is 19.4 Å². The number of hydrogen-bond acceptors (Lipinski definition) is 2. The average molecular weight is 298 g/mol. The normalized spacial score (nSPS) is 21.9. The summed E-state index contributed by atoms with van der Waals surface area (Å²) < 4.78 is 1.09. The van der Waals surface area contributed by atoms with Gasteiger partial charge in [-0.2, -0.15) is 0 Å². The Balaban J connectivity index is 2.17. The van der Waals surface area contributed by atoms with Gasteiger partial charge in [0.25, 0.3) is 0 Å². The SMILES string of the molecule is CCC1CCN(c2ccc([C@H](C)O)cc2Br)C1. The summed E-state index contributed by atoms with van der Waals surface area (Å²) in [6.45, 7) is 6.36. The third-order valence-electron chi connectivity index (χ3n) is 3.66. The molecule has 0 amide bonds. The fourth-order valence-electron chi connectivity index (χ4n) is 2.42. The van der Waals surface area contributed by atoms with Crippen LogP contribution in [0.2, 0.25) is 0 Å². The van der Waals surface area contributed by atoms with E-state index < -0.39 is 6.10 Å². The fourth-order valence-corrected chi connectivity index (χ4v) is 3.07. The van der Waals surface area contributed by atoms with Crippen LogP contribution < -0.4 is 4.90 Å². The Kier molecular flexibility index (Phi) is 4.10. The first kappa shape index (κ1) is 12.9. The summed E-state index contributed by atoms with van der Waals surface area (Å²) >= 11 is 3.61. The number of aliphatic hydroxyl groups excluding tert-OH is 1. The van der Waals surface area contributed by atoms with Crippen LogP contribution in [0.5, 0.6) is 0 Å². The minimum absolute atomic E-state index is 0.401. The second-order valence-electron chi connectivity index (χ2n) is 4.90. The zero-order valence-corrected chi connectivity index (χ0v) is 12.1. The molecule has 0 aliphatic carbocycles. The molecule has 1 aromatic rings. The lowest BCUT2D eigenvalue weighted by atomic mass is 10.1. The van der Waals surface area contributed by atoms with Crippen molar-refractivity contribution >= 4 is 21.6 Å². The number of halogens is 1. The van der Waals surface area contributed by atoms with E-state index in [1.807, 2.05) is 12.1 Å². The van der Waals surface area contributed by atoms with E-state index in [1.54, 1.807) is 6.92 Å². The minimum Gasteiger partial charge on any atom is -0.389 e. The standard InChI is InChI=1S/C14H20BrNO/c1-3-11-6-7-16(9-11)14-5-4-12(10(2)17)8-13(14)15/h4-5,8,10-11,17H,3,6-7,9H2,1-2H3/t10-,11?/m0/s1. The molecule has 0 radical (unpaired) electrons. The van der Waals surface area contributed by atoms with Crippen molar-refractivity contribution in [1.29, 1.82) is 0 Å². The van der Waals surface area contributed by atoms with E-state index in [0.29, 0.717) is 0 Å². The maximum Gasteiger partial charge on any atom is 0.0762 e. The zero-order valence-electron chi connectivity index (χ0n) is 10.5. The van der Waals surface area contributed by atoms with Crippen molar-refractivity contribution in [3.63, 3.8) is 0 Å². The fraction of sp³-hybridized carbons (Fsp3) is 0.571. The van der Waals surface area contributed by atoms with Crippen molar-refractivity contribution in [3.05, 3.63) is 28.2 Å². The first-order valence-electron chi connectivity index (χ1n) is 6.34. The van der Waals surface area contributed by atoms with Gasteiger partial charge < -0.3 is 10.0 Å². The average Bonchev–Trinajstić information content (AvgIpc) is 2.77. The molecule has 2 atom stereocenters. The highest BCUT2D eigenvalue weighted by atomic mass is 79.9. The molecule has 1 aromatic carbocycles. The smallest absolute Gasteiger partial charge is 0.0762 e. The van der Waals surface area contributed by atoms with Gasteiger partial charge in [0.2, 0.25) is 0 Å². The topological polar surface area (TPSA) is 23.5 Å². The van der Waals surface area contributed by atoms with Gasteiger partial charge in [-0.25, -0.2) is 0 Å².